The van der Waals surface area contributed by atoms with Crippen LogP contribution in [0.3, 0.4) is 0 Å². The number of benzene rings is 2. The summed E-state index contributed by atoms with van der Waals surface area (Å²) in [6.07, 6.45) is 1.75. The van der Waals surface area contributed by atoms with Gasteiger partial charge in [-0.25, -0.2) is 0 Å². The fraction of sp³-hybridized carbons (Fsp3) is 0.320. The average Bonchev–Trinajstić information content (AvgIpc) is 2.68. The lowest BCUT2D eigenvalue weighted by atomic mass is 9.91. The van der Waals surface area contributed by atoms with E-state index in [9.17, 15) is 5.11 Å². The molecule has 1 atom stereocenters. The van der Waals surface area contributed by atoms with E-state index in [2.05, 4.69) is 63.1 Å². The first-order valence-electron chi connectivity index (χ1n) is 10.0. The monoisotopic (exact) mass is 374 g/mol. The Labute approximate surface area is 168 Å². The Morgan fingerprint density at radius 1 is 0.750 bits per heavy atom. The third-order valence-corrected chi connectivity index (χ3v) is 5.21. The maximum absolute atomic E-state index is 11.0. The third-order valence-electron chi connectivity index (χ3n) is 5.21. The van der Waals surface area contributed by atoms with Gasteiger partial charge in [0.2, 0.25) is 0 Å². The van der Waals surface area contributed by atoms with E-state index >= 15 is 0 Å². The van der Waals surface area contributed by atoms with Gasteiger partial charge in [-0.3, -0.25) is 4.98 Å². The van der Waals surface area contributed by atoms with Crippen LogP contribution in [-0.2, 0) is 0 Å². The van der Waals surface area contributed by atoms with Crippen molar-refractivity contribution in [3.05, 3.63) is 77.5 Å². The Morgan fingerprint density at radius 2 is 1.36 bits per heavy atom. The number of hydrogen-bond donors (Lipinski definition) is 2. The summed E-state index contributed by atoms with van der Waals surface area (Å²) in [5, 5.41) is 14.7. The first-order chi connectivity index (χ1) is 13.4. The van der Waals surface area contributed by atoms with Crippen LogP contribution < -0.4 is 5.32 Å². The van der Waals surface area contributed by atoms with Crippen LogP contribution in [0, 0.1) is 0 Å². The van der Waals surface area contributed by atoms with E-state index in [1.807, 2.05) is 36.4 Å². The predicted molar refractivity (Wildman–Crippen MR) is 118 cm³/mol. The Morgan fingerprint density at radius 3 is 1.93 bits per heavy atom. The van der Waals surface area contributed by atoms with Crippen LogP contribution in [0.5, 0.6) is 5.75 Å². The summed E-state index contributed by atoms with van der Waals surface area (Å²) in [7, 11) is 0. The molecule has 0 bridgehead atoms. The number of nitrogens with zero attached hydrogens (tertiary/aromatic N) is 1. The molecule has 1 aromatic heterocycles. The van der Waals surface area contributed by atoms with E-state index in [0.717, 1.165) is 16.8 Å². The fourth-order valence-electron chi connectivity index (χ4n) is 3.65. The summed E-state index contributed by atoms with van der Waals surface area (Å²) in [6, 6.07) is 18.1. The number of anilines is 1. The van der Waals surface area contributed by atoms with Crippen LogP contribution in [0.2, 0.25) is 0 Å². The number of phenolic OH excluding ortho intramolecular Hbond substituents is 1. The molecule has 3 heteroatoms. The van der Waals surface area contributed by atoms with Crippen molar-refractivity contribution in [3.63, 3.8) is 0 Å². The van der Waals surface area contributed by atoms with Crippen molar-refractivity contribution in [3.8, 4) is 17.0 Å². The summed E-state index contributed by atoms with van der Waals surface area (Å²) >= 11 is 0. The van der Waals surface area contributed by atoms with Crippen molar-refractivity contribution in [2.45, 2.75) is 52.5 Å². The molecule has 0 fully saturated rings. The molecule has 0 aliphatic heterocycles. The maximum atomic E-state index is 11.0. The first kappa shape index (κ1) is 19.9. The molecule has 146 valence electrons. The molecule has 0 radical (unpaired) electrons. The number of pyridine rings is 1. The number of rotatable bonds is 6. The van der Waals surface area contributed by atoms with E-state index in [1.165, 1.54) is 16.8 Å². The molecular formula is C25H30N2O. The van der Waals surface area contributed by atoms with Gasteiger partial charge in [-0.05, 0) is 48.1 Å². The van der Waals surface area contributed by atoms with Crippen LogP contribution in [0.25, 0.3) is 11.3 Å². The van der Waals surface area contributed by atoms with Gasteiger partial charge >= 0.3 is 0 Å². The highest BCUT2D eigenvalue weighted by Gasteiger charge is 2.19. The average molecular weight is 375 g/mol. The van der Waals surface area contributed by atoms with Gasteiger partial charge in [0.05, 0.1) is 11.7 Å². The molecule has 2 aromatic carbocycles. The molecule has 0 aliphatic rings. The highest BCUT2D eigenvalue weighted by molar-refractivity contribution is 5.70. The number of phenols is 1. The summed E-state index contributed by atoms with van der Waals surface area (Å²) in [5.74, 6) is 1.12. The molecule has 3 rings (SSSR count). The summed E-state index contributed by atoms with van der Waals surface area (Å²) < 4.78 is 0. The van der Waals surface area contributed by atoms with Gasteiger partial charge in [-0.15, -0.1) is 0 Å². The van der Waals surface area contributed by atoms with Crippen LogP contribution >= 0.6 is 0 Å². The van der Waals surface area contributed by atoms with Crippen molar-refractivity contribution >= 4 is 5.69 Å². The lowest BCUT2D eigenvalue weighted by molar-refractivity contribution is 0.467. The molecule has 0 amide bonds. The zero-order chi connectivity index (χ0) is 20.3. The van der Waals surface area contributed by atoms with Crippen LogP contribution in [0.1, 0.15) is 69.2 Å². The van der Waals surface area contributed by atoms with Crippen LogP contribution in [-0.4, -0.2) is 10.1 Å². The molecule has 2 N–H and O–H groups in total. The van der Waals surface area contributed by atoms with E-state index in [4.69, 9.17) is 0 Å². The van der Waals surface area contributed by atoms with Crippen molar-refractivity contribution in [1.82, 2.24) is 4.98 Å². The van der Waals surface area contributed by atoms with Gasteiger partial charge in [0, 0.05) is 23.0 Å². The molecule has 3 aromatic rings. The van der Waals surface area contributed by atoms with Crippen LogP contribution in [0.15, 0.2) is 60.8 Å². The summed E-state index contributed by atoms with van der Waals surface area (Å²) in [4.78, 5) is 4.39. The standard InChI is InChI=1S/C25H30N2O/c1-16(2)19-10-8-11-20(17(3)4)24(19)27-18(5)21-12-9-13-22(25(21)28)23-14-6-7-15-26-23/h6-18,27-28H,1-5H3. The lowest BCUT2D eigenvalue weighted by Crippen LogP contribution is -2.12. The molecule has 1 heterocycles. The number of nitrogens with one attached hydrogen (secondary N) is 1. The maximum Gasteiger partial charge on any atom is 0.130 e. The molecule has 0 aliphatic carbocycles. The predicted octanol–water partition coefficient (Wildman–Crippen LogP) is 6.87. The van der Waals surface area contributed by atoms with E-state index in [0.29, 0.717) is 11.8 Å². The largest absolute Gasteiger partial charge is 0.507 e. The quantitative estimate of drug-likeness (QED) is 0.494. The van der Waals surface area contributed by atoms with E-state index in [-0.39, 0.29) is 11.8 Å². The normalized spacial score (nSPS) is 12.4. The second-order valence-electron chi connectivity index (χ2n) is 7.95. The van der Waals surface area contributed by atoms with Gasteiger partial charge in [-0.1, -0.05) is 64.1 Å². The van der Waals surface area contributed by atoms with Crippen molar-refractivity contribution in [2.75, 3.05) is 5.32 Å². The van der Waals surface area contributed by atoms with E-state index in [1.54, 1.807) is 6.20 Å². The first-order valence-corrected chi connectivity index (χ1v) is 10.0. The molecular weight excluding hydrogens is 344 g/mol. The number of aromatic hydroxyl groups is 1. The highest BCUT2D eigenvalue weighted by Crippen LogP contribution is 2.38. The molecule has 0 saturated heterocycles. The second kappa shape index (κ2) is 8.47. The van der Waals surface area contributed by atoms with Gasteiger partial charge in [0.1, 0.15) is 5.75 Å². The number of aromatic nitrogens is 1. The smallest absolute Gasteiger partial charge is 0.130 e. The molecule has 1 unspecified atom stereocenters. The SMILES string of the molecule is CC(C)c1cccc(C(C)C)c1NC(C)c1cccc(-c2ccccn2)c1O. The van der Waals surface area contributed by atoms with Gasteiger partial charge in [-0.2, -0.15) is 0 Å². The molecule has 3 nitrogen and oxygen atoms in total. The van der Waals surface area contributed by atoms with Gasteiger partial charge in [0.25, 0.3) is 0 Å². The second-order valence-corrected chi connectivity index (χ2v) is 7.95. The Balaban J connectivity index is 2.00. The molecule has 0 spiro atoms. The van der Waals surface area contributed by atoms with Crippen molar-refractivity contribution < 1.29 is 5.11 Å². The molecule has 28 heavy (non-hydrogen) atoms. The zero-order valence-corrected chi connectivity index (χ0v) is 17.4. The minimum Gasteiger partial charge on any atom is -0.507 e. The lowest BCUT2D eigenvalue weighted by Gasteiger charge is -2.25. The molecule has 0 saturated carbocycles. The van der Waals surface area contributed by atoms with Gasteiger partial charge in [0.15, 0.2) is 0 Å². The zero-order valence-electron chi connectivity index (χ0n) is 17.4. The number of hydrogen-bond acceptors (Lipinski definition) is 3. The number of para-hydroxylation sites is 2. The minimum absolute atomic E-state index is 0.0407. The Kier molecular flexibility index (Phi) is 6.03. The Hall–Kier alpha value is -2.81. The Bertz CT molecular complexity index is 906. The van der Waals surface area contributed by atoms with Crippen LogP contribution in [0.4, 0.5) is 5.69 Å². The van der Waals surface area contributed by atoms with E-state index < -0.39 is 0 Å². The topological polar surface area (TPSA) is 45.2 Å². The third kappa shape index (κ3) is 4.04. The fourth-order valence-corrected chi connectivity index (χ4v) is 3.65. The summed E-state index contributed by atoms with van der Waals surface area (Å²) in [6.45, 7) is 11.0. The minimum atomic E-state index is -0.0407. The van der Waals surface area contributed by atoms with Gasteiger partial charge < -0.3 is 10.4 Å². The highest BCUT2D eigenvalue weighted by atomic mass is 16.3. The summed E-state index contributed by atoms with van der Waals surface area (Å²) in [5.41, 5.74) is 6.20. The van der Waals surface area contributed by atoms with Crippen molar-refractivity contribution in [1.29, 1.82) is 0 Å². The van der Waals surface area contributed by atoms with Crippen molar-refractivity contribution in [2.24, 2.45) is 0 Å².